The Morgan fingerprint density at radius 1 is 1.19 bits per heavy atom. The van der Waals surface area contributed by atoms with Gasteiger partial charge in [-0.2, -0.15) is 0 Å². The summed E-state index contributed by atoms with van der Waals surface area (Å²) in [5, 5.41) is 0.353. The quantitative estimate of drug-likeness (QED) is 0.804. The van der Waals surface area contributed by atoms with E-state index in [4.69, 9.17) is 11.6 Å². The second-order valence-electron chi connectivity index (χ2n) is 5.45. The van der Waals surface area contributed by atoms with Gasteiger partial charge in [0.2, 0.25) is 20.0 Å². The standard InChI is InChI=1S/C12H19ClN2O4S2/c1-9-10(13)6-5-7-11(9)21(18,19)14-8-12(2,3)15-20(4,16)17/h5-7,14-15H,8H2,1-4H3. The minimum atomic E-state index is -3.77. The van der Waals surface area contributed by atoms with Crippen LogP contribution in [0.3, 0.4) is 0 Å². The van der Waals surface area contributed by atoms with E-state index in [1.165, 1.54) is 6.07 Å². The molecule has 0 aromatic heterocycles. The van der Waals surface area contributed by atoms with Gasteiger partial charge in [-0.25, -0.2) is 26.3 Å². The Morgan fingerprint density at radius 2 is 1.76 bits per heavy atom. The number of benzene rings is 1. The van der Waals surface area contributed by atoms with Crippen molar-refractivity contribution >= 4 is 31.6 Å². The van der Waals surface area contributed by atoms with Crippen LogP contribution in [0.1, 0.15) is 19.4 Å². The first kappa shape index (κ1) is 18.4. The average molecular weight is 355 g/mol. The molecule has 6 nitrogen and oxygen atoms in total. The van der Waals surface area contributed by atoms with Crippen molar-refractivity contribution in [3.05, 3.63) is 28.8 Å². The van der Waals surface area contributed by atoms with Crippen LogP contribution >= 0.6 is 11.6 Å². The Bertz CT molecular complexity index is 728. The Balaban J connectivity index is 2.95. The molecule has 21 heavy (non-hydrogen) atoms. The van der Waals surface area contributed by atoms with Crippen LogP contribution in [0.25, 0.3) is 0 Å². The van der Waals surface area contributed by atoms with Crippen LogP contribution in [0.4, 0.5) is 0 Å². The van der Waals surface area contributed by atoms with E-state index < -0.39 is 25.6 Å². The maximum absolute atomic E-state index is 12.3. The van der Waals surface area contributed by atoms with Crippen LogP contribution in [0.15, 0.2) is 23.1 Å². The molecular formula is C12H19ClN2O4S2. The van der Waals surface area contributed by atoms with E-state index in [1.807, 2.05) is 0 Å². The summed E-state index contributed by atoms with van der Waals surface area (Å²) in [6, 6.07) is 4.59. The van der Waals surface area contributed by atoms with E-state index in [-0.39, 0.29) is 11.4 Å². The normalized spacial score (nSPS) is 13.4. The summed E-state index contributed by atoms with van der Waals surface area (Å²) in [6.07, 6.45) is 1.02. The molecule has 0 bridgehead atoms. The lowest BCUT2D eigenvalue weighted by Gasteiger charge is -2.25. The Labute approximate surface area is 131 Å². The van der Waals surface area contributed by atoms with Gasteiger partial charge in [0.1, 0.15) is 0 Å². The fourth-order valence-electron chi connectivity index (χ4n) is 1.77. The summed E-state index contributed by atoms with van der Waals surface area (Å²) in [6.45, 7) is 4.69. The molecule has 120 valence electrons. The van der Waals surface area contributed by atoms with Crippen molar-refractivity contribution in [1.82, 2.24) is 9.44 Å². The van der Waals surface area contributed by atoms with Crippen LogP contribution < -0.4 is 9.44 Å². The van der Waals surface area contributed by atoms with Crippen molar-refractivity contribution in [2.75, 3.05) is 12.8 Å². The fourth-order valence-corrected chi connectivity index (χ4v) is 4.55. The molecule has 0 spiro atoms. The van der Waals surface area contributed by atoms with Crippen molar-refractivity contribution in [1.29, 1.82) is 0 Å². The van der Waals surface area contributed by atoms with Crippen LogP contribution in [0.2, 0.25) is 5.02 Å². The van der Waals surface area contributed by atoms with E-state index in [0.29, 0.717) is 10.6 Å². The fraction of sp³-hybridized carbons (Fsp3) is 0.500. The van der Waals surface area contributed by atoms with E-state index in [1.54, 1.807) is 32.9 Å². The molecule has 9 heteroatoms. The van der Waals surface area contributed by atoms with E-state index in [0.717, 1.165) is 6.26 Å². The van der Waals surface area contributed by atoms with Gasteiger partial charge in [-0.15, -0.1) is 0 Å². The van der Waals surface area contributed by atoms with Crippen molar-refractivity contribution in [3.8, 4) is 0 Å². The second kappa shape index (κ2) is 6.21. The molecule has 0 aliphatic carbocycles. The highest BCUT2D eigenvalue weighted by molar-refractivity contribution is 7.89. The molecule has 0 atom stereocenters. The second-order valence-corrected chi connectivity index (χ2v) is 9.34. The first-order chi connectivity index (χ1) is 9.34. The summed E-state index contributed by atoms with van der Waals surface area (Å²) in [5.41, 5.74) is -0.506. The topological polar surface area (TPSA) is 92.3 Å². The zero-order valence-corrected chi connectivity index (χ0v) is 14.7. The van der Waals surface area contributed by atoms with Crippen LogP contribution in [0.5, 0.6) is 0 Å². The van der Waals surface area contributed by atoms with Gasteiger partial charge in [0.05, 0.1) is 11.2 Å². The maximum atomic E-state index is 12.3. The molecule has 0 saturated carbocycles. The third-order valence-electron chi connectivity index (χ3n) is 2.67. The maximum Gasteiger partial charge on any atom is 0.240 e. The monoisotopic (exact) mass is 354 g/mol. The lowest BCUT2D eigenvalue weighted by atomic mass is 10.1. The summed E-state index contributed by atoms with van der Waals surface area (Å²) in [7, 11) is -7.21. The van der Waals surface area contributed by atoms with Crippen LogP contribution in [-0.4, -0.2) is 35.2 Å². The minimum Gasteiger partial charge on any atom is -0.213 e. The lowest BCUT2D eigenvalue weighted by molar-refractivity contribution is 0.446. The predicted molar refractivity (Wildman–Crippen MR) is 83.4 cm³/mol. The Hall–Kier alpha value is -0.670. The van der Waals surface area contributed by atoms with E-state index in [2.05, 4.69) is 9.44 Å². The number of sulfonamides is 2. The first-order valence-electron chi connectivity index (χ1n) is 6.08. The number of nitrogens with one attached hydrogen (secondary N) is 2. The minimum absolute atomic E-state index is 0.0742. The van der Waals surface area contributed by atoms with Crippen molar-refractivity contribution in [2.24, 2.45) is 0 Å². The molecule has 1 aromatic rings. The predicted octanol–water partition coefficient (Wildman–Crippen LogP) is 1.25. The Morgan fingerprint density at radius 3 is 2.29 bits per heavy atom. The molecule has 0 saturated heterocycles. The van der Waals surface area contributed by atoms with Gasteiger partial charge < -0.3 is 0 Å². The summed E-state index contributed by atoms with van der Waals surface area (Å²) in [5.74, 6) is 0. The molecule has 0 radical (unpaired) electrons. The SMILES string of the molecule is Cc1c(Cl)cccc1S(=O)(=O)NCC(C)(C)NS(C)(=O)=O. The zero-order chi connectivity index (χ0) is 16.5. The summed E-state index contributed by atoms with van der Waals surface area (Å²) >= 11 is 5.91. The third kappa shape index (κ3) is 5.55. The van der Waals surface area contributed by atoms with Gasteiger partial charge in [-0.1, -0.05) is 17.7 Å². The highest BCUT2D eigenvalue weighted by Crippen LogP contribution is 2.22. The number of hydrogen-bond acceptors (Lipinski definition) is 4. The molecule has 0 aliphatic rings. The van der Waals surface area contributed by atoms with E-state index >= 15 is 0 Å². The summed E-state index contributed by atoms with van der Waals surface area (Å²) in [4.78, 5) is 0.0742. The smallest absolute Gasteiger partial charge is 0.213 e. The van der Waals surface area contributed by atoms with Gasteiger partial charge in [0, 0.05) is 17.1 Å². The van der Waals surface area contributed by atoms with Gasteiger partial charge >= 0.3 is 0 Å². The molecular weight excluding hydrogens is 336 g/mol. The van der Waals surface area contributed by atoms with Crippen LogP contribution in [0, 0.1) is 6.92 Å². The molecule has 0 heterocycles. The largest absolute Gasteiger partial charge is 0.240 e. The van der Waals surface area contributed by atoms with Crippen LogP contribution in [-0.2, 0) is 20.0 Å². The molecule has 0 fully saturated rings. The molecule has 0 amide bonds. The first-order valence-corrected chi connectivity index (χ1v) is 9.83. The number of halogens is 1. The van der Waals surface area contributed by atoms with Gasteiger partial charge in [0.25, 0.3) is 0 Å². The average Bonchev–Trinajstić information content (AvgIpc) is 2.27. The third-order valence-corrected chi connectivity index (χ3v) is 5.55. The zero-order valence-electron chi connectivity index (χ0n) is 12.3. The highest BCUT2D eigenvalue weighted by atomic mass is 35.5. The van der Waals surface area contributed by atoms with Crippen molar-refractivity contribution < 1.29 is 16.8 Å². The number of hydrogen-bond donors (Lipinski definition) is 2. The van der Waals surface area contributed by atoms with Gasteiger partial charge in [-0.3, -0.25) is 0 Å². The Kier molecular flexibility index (Phi) is 5.44. The van der Waals surface area contributed by atoms with E-state index in [9.17, 15) is 16.8 Å². The summed E-state index contributed by atoms with van der Waals surface area (Å²) < 4.78 is 51.8. The lowest BCUT2D eigenvalue weighted by Crippen LogP contribution is -2.50. The molecule has 2 N–H and O–H groups in total. The van der Waals surface area contributed by atoms with Gasteiger partial charge in [0.15, 0.2) is 0 Å². The molecule has 1 aromatic carbocycles. The van der Waals surface area contributed by atoms with Crippen molar-refractivity contribution in [2.45, 2.75) is 31.2 Å². The van der Waals surface area contributed by atoms with Gasteiger partial charge in [-0.05, 0) is 38.5 Å². The number of rotatable bonds is 6. The van der Waals surface area contributed by atoms with Crippen molar-refractivity contribution in [3.63, 3.8) is 0 Å². The highest BCUT2D eigenvalue weighted by Gasteiger charge is 2.26. The molecule has 1 rings (SSSR count). The molecule has 0 aliphatic heterocycles. The molecule has 0 unspecified atom stereocenters.